The van der Waals surface area contributed by atoms with Gasteiger partial charge in [-0.25, -0.2) is 0 Å². The van der Waals surface area contributed by atoms with Gasteiger partial charge >= 0.3 is 6.48 Å². The molecule has 0 amide bonds. The Bertz CT molecular complexity index is 603. The molecule has 4 saturated carbocycles. The average Bonchev–Trinajstić information content (AvgIpc) is 2.60. The summed E-state index contributed by atoms with van der Waals surface area (Å²) < 4.78 is 16.9. The van der Waals surface area contributed by atoms with E-state index in [2.05, 4.69) is 0 Å². The summed E-state index contributed by atoms with van der Waals surface area (Å²) in [5.41, 5.74) is 2.08. The van der Waals surface area contributed by atoms with E-state index in [1.807, 2.05) is 25.1 Å². The van der Waals surface area contributed by atoms with Crippen LogP contribution in [-0.4, -0.2) is 26.5 Å². The molecule has 4 aliphatic carbocycles. The van der Waals surface area contributed by atoms with E-state index >= 15 is 0 Å². The van der Waals surface area contributed by atoms with Crippen LogP contribution in [0.4, 0.5) is 0 Å². The molecule has 0 N–H and O–H groups in total. The standard InChI is InChI=1S/C21H28O4/c1-3-24-20(23-2)25-19-5-4-14(13-22)9-18(19)21-10-15-6-16(11-21)8-17(7-15)12-21/h4-5,9,13,15-17,20H,3,6-8,10-12H2,1-2H3. The van der Waals surface area contributed by atoms with Gasteiger partial charge in [0.05, 0.1) is 6.61 Å². The first-order chi connectivity index (χ1) is 12.2. The van der Waals surface area contributed by atoms with Crippen molar-refractivity contribution in [3.8, 4) is 5.75 Å². The number of ether oxygens (including phenoxy) is 3. The van der Waals surface area contributed by atoms with Gasteiger partial charge in [0.25, 0.3) is 0 Å². The third-order valence-electron chi connectivity index (χ3n) is 6.47. The molecule has 4 aliphatic rings. The van der Waals surface area contributed by atoms with Crippen LogP contribution in [0.5, 0.6) is 5.75 Å². The molecule has 4 fully saturated rings. The Balaban J connectivity index is 1.71. The molecule has 0 saturated heterocycles. The normalized spacial score (nSPS) is 34.1. The lowest BCUT2D eigenvalue weighted by Gasteiger charge is -2.57. The highest BCUT2D eigenvalue weighted by molar-refractivity contribution is 5.76. The lowest BCUT2D eigenvalue weighted by Crippen LogP contribution is -2.48. The van der Waals surface area contributed by atoms with Gasteiger partial charge in [-0.1, -0.05) is 0 Å². The molecule has 0 heterocycles. The van der Waals surface area contributed by atoms with Crippen molar-refractivity contribution in [2.45, 2.75) is 57.3 Å². The van der Waals surface area contributed by atoms with E-state index in [4.69, 9.17) is 14.2 Å². The minimum atomic E-state index is -0.709. The van der Waals surface area contributed by atoms with Crippen LogP contribution in [0.3, 0.4) is 0 Å². The second-order valence-electron chi connectivity index (χ2n) is 8.17. The van der Waals surface area contributed by atoms with Crippen molar-refractivity contribution in [2.75, 3.05) is 13.7 Å². The Morgan fingerprint density at radius 3 is 2.32 bits per heavy atom. The Hall–Kier alpha value is -1.39. The van der Waals surface area contributed by atoms with Crippen molar-refractivity contribution in [1.29, 1.82) is 0 Å². The predicted molar refractivity (Wildman–Crippen MR) is 94.7 cm³/mol. The zero-order valence-electron chi connectivity index (χ0n) is 15.2. The number of carbonyl (C=O) groups excluding carboxylic acids is 1. The second kappa shape index (κ2) is 6.73. The number of benzene rings is 1. The number of hydrogen-bond acceptors (Lipinski definition) is 4. The molecule has 25 heavy (non-hydrogen) atoms. The van der Waals surface area contributed by atoms with Crippen LogP contribution in [0.1, 0.15) is 61.4 Å². The Labute approximate surface area is 149 Å². The molecule has 0 aliphatic heterocycles. The van der Waals surface area contributed by atoms with E-state index in [1.54, 1.807) is 7.11 Å². The highest BCUT2D eigenvalue weighted by atomic mass is 16.8. The highest BCUT2D eigenvalue weighted by Gasteiger charge is 2.52. The molecule has 1 unspecified atom stereocenters. The molecule has 136 valence electrons. The quantitative estimate of drug-likeness (QED) is 0.546. The number of carbonyl (C=O) groups is 1. The molecular weight excluding hydrogens is 316 g/mol. The highest BCUT2D eigenvalue weighted by Crippen LogP contribution is 2.62. The molecule has 1 aromatic rings. The number of aldehydes is 1. The fourth-order valence-corrected chi connectivity index (χ4v) is 5.97. The largest absolute Gasteiger partial charge is 0.441 e. The van der Waals surface area contributed by atoms with Gasteiger partial charge in [0.2, 0.25) is 0 Å². The average molecular weight is 344 g/mol. The minimum Gasteiger partial charge on any atom is -0.441 e. The number of rotatable bonds is 7. The summed E-state index contributed by atoms with van der Waals surface area (Å²) in [6, 6.07) is 5.79. The summed E-state index contributed by atoms with van der Waals surface area (Å²) in [5.74, 6) is 3.32. The summed E-state index contributed by atoms with van der Waals surface area (Å²) in [4.78, 5) is 11.4. The number of methoxy groups -OCH3 is 1. The van der Waals surface area contributed by atoms with Gasteiger partial charge in [0, 0.05) is 18.2 Å². The smallest absolute Gasteiger partial charge is 0.315 e. The van der Waals surface area contributed by atoms with E-state index in [1.165, 1.54) is 44.1 Å². The van der Waals surface area contributed by atoms with Gasteiger partial charge in [0.1, 0.15) is 12.0 Å². The van der Waals surface area contributed by atoms with E-state index in [0.29, 0.717) is 6.61 Å². The summed E-state index contributed by atoms with van der Waals surface area (Å²) in [5, 5.41) is 0. The number of hydrogen-bond donors (Lipinski definition) is 0. The first-order valence-electron chi connectivity index (χ1n) is 9.56. The Morgan fingerprint density at radius 2 is 1.80 bits per heavy atom. The van der Waals surface area contributed by atoms with Crippen LogP contribution >= 0.6 is 0 Å². The van der Waals surface area contributed by atoms with Crippen molar-refractivity contribution >= 4 is 6.29 Å². The van der Waals surface area contributed by atoms with Crippen LogP contribution in [0, 0.1) is 17.8 Å². The maximum absolute atomic E-state index is 11.4. The summed E-state index contributed by atoms with van der Waals surface area (Å²) in [7, 11) is 1.59. The van der Waals surface area contributed by atoms with Crippen molar-refractivity contribution in [3.05, 3.63) is 29.3 Å². The third-order valence-corrected chi connectivity index (χ3v) is 6.47. The molecule has 4 nitrogen and oxygen atoms in total. The Kier molecular flexibility index (Phi) is 4.59. The van der Waals surface area contributed by atoms with Crippen LogP contribution in [0.15, 0.2) is 18.2 Å². The fourth-order valence-electron chi connectivity index (χ4n) is 5.97. The van der Waals surface area contributed by atoms with E-state index < -0.39 is 6.48 Å². The summed E-state index contributed by atoms with van der Waals surface area (Å²) in [6.07, 6.45) is 8.79. The van der Waals surface area contributed by atoms with Crippen LogP contribution in [0.2, 0.25) is 0 Å². The summed E-state index contributed by atoms with van der Waals surface area (Å²) in [6.45, 7) is 1.74. The monoisotopic (exact) mass is 344 g/mol. The molecule has 4 heteroatoms. The van der Waals surface area contributed by atoms with Crippen molar-refractivity contribution in [2.24, 2.45) is 17.8 Å². The van der Waals surface area contributed by atoms with Crippen molar-refractivity contribution in [3.63, 3.8) is 0 Å². The lowest BCUT2D eigenvalue weighted by molar-refractivity contribution is -0.231. The zero-order chi connectivity index (χ0) is 17.4. The summed E-state index contributed by atoms with van der Waals surface area (Å²) >= 11 is 0. The van der Waals surface area contributed by atoms with E-state index in [0.717, 1.165) is 35.4 Å². The second-order valence-corrected chi connectivity index (χ2v) is 8.17. The fraction of sp³-hybridized carbons (Fsp3) is 0.667. The van der Waals surface area contributed by atoms with E-state index in [-0.39, 0.29) is 5.41 Å². The van der Waals surface area contributed by atoms with Gasteiger partial charge in [-0.3, -0.25) is 4.79 Å². The SMILES string of the molecule is CCOC(OC)Oc1ccc(C=O)cc1C12CC3CC(CC(C3)C1)C2. The van der Waals surface area contributed by atoms with Gasteiger partial charge in [0.15, 0.2) is 0 Å². The van der Waals surface area contributed by atoms with Crippen molar-refractivity contribution < 1.29 is 19.0 Å². The zero-order valence-corrected chi connectivity index (χ0v) is 15.2. The maximum atomic E-state index is 11.4. The molecule has 4 bridgehead atoms. The molecule has 0 aromatic heterocycles. The van der Waals surface area contributed by atoms with Gasteiger partial charge in [-0.15, -0.1) is 0 Å². The van der Waals surface area contributed by atoms with Gasteiger partial charge in [-0.05, 0) is 86.8 Å². The van der Waals surface area contributed by atoms with Crippen molar-refractivity contribution in [1.82, 2.24) is 0 Å². The van der Waals surface area contributed by atoms with Gasteiger partial charge in [-0.2, -0.15) is 0 Å². The van der Waals surface area contributed by atoms with E-state index in [9.17, 15) is 4.79 Å². The maximum Gasteiger partial charge on any atom is 0.315 e. The molecular formula is C21H28O4. The topological polar surface area (TPSA) is 44.8 Å². The van der Waals surface area contributed by atoms with Crippen LogP contribution in [-0.2, 0) is 14.9 Å². The van der Waals surface area contributed by atoms with Crippen LogP contribution < -0.4 is 4.74 Å². The van der Waals surface area contributed by atoms with Gasteiger partial charge < -0.3 is 14.2 Å². The first kappa shape index (κ1) is 17.0. The Morgan fingerprint density at radius 1 is 1.16 bits per heavy atom. The first-order valence-corrected chi connectivity index (χ1v) is 9.56. The molecule has 0 spiro atoms. The molecule has 1 aromatic carbocycles. The molecule has 1 atom stereocenters. The minimum absolute atomic E-state index is 0.160. The molecule has 0 radical (unpaired) electrons. The van der Waals surface area contributed by atoms with Crippen LogP contribution in [0.25, 0.3) is 0 Å². The predicted octanol–water partition coefficient (Wildman–Crippen LogP) is 4.31. The molecule has 5 rings (SSSR count). The third kappa shape index (κ3) is 3.11. The lowest BCUT2D eigenvalue weighted by atomic mass is 9.48.